The zero-order chi connectivity index (χ0) is 21.3. The van der Waals surface area contributed by atoms with Crippen LogP contribution in [0.3, 0.4) is 0 Å². The number of halogens is 1. The number of benzene rings is 1. The maximum absolute atomic E-state index is 13.3. The Morgan fingerprint density at radius 1 is 1.23 bits per heavy atom. The van der Waals surface area contributed by atoms with Crippen LogP contribution < -0.4 is 20.9 Å². The zero-order valence-electron chi connectivity index (χ0n) is 17.2. The summed E-state index contributed by atoms with van der Waals surface area (Å²) in [5.74, 6) is 0.00529. The fourth-order valence-electron chi connectivity index (χ4n) is 3.53. The molecule has 1 atom stereocenters. The Balaban J connectivity index is 1.57. The van der Waals surface area contributed by atoms with Crippen molar-refractivity contribution in [2.75, 3.05) is 31.6 Å². The number of carbonyl (C=O) groups excluding carboxylic acids is 2. The number of likely N-dealkylation sites (N-methyl/N-ethyl adjacent to an activating group) is 1. The van der Waals surface area contributed by atoms with E-state index in [1.807, 2.05) is 12.1 Å². The number of amides is 2. The van der Waals surface area contributed by atoms with Gasteiger partial charge >= 0.3 is 0 Å². The van der Waals surface area contributed by atoms with Gasteiger partial charge < -0.3 is 15.5 Å². The van der Waals surface area contributed by atoms with Gasteiger partial charge in [0.1, 0.15) is 11.6 Å². The number of hydrogen-bond donors (Lipinski definition) is 3. The predicted molar refractivity (Wildman–Crippen MR) is 114 cm³/mol. The molecule has 0 radical (unpaired) electrons. The van der Waals surface area contributed by atoms with Crippen molar-refractivity contribution in [2.45, 2.75) is 31.8 Å². The maximum Gasteiger partial charge on any atom is 0.253 e. The van der Waals surface area contributed by atoms with E-state index in [1.165, 1.54) is 19.3 Å². The average Bonchev–Trinajstić information content (AvgIpc) is 2.78. The zero-order valence-corrected chi connectivity index (χ0v) is 17.2. The SMILES string of the molecule is CNC(=O)CNC(=O)c1ccc(N2CCCCC2NCCc2cccc(F)c2)nc1. The van der Waals surface area contributed by atoms with Gasteiger partial charge in [0, 0.05) is 26.3 Å². The van der Waals surface area contributed by atoms with E-state index in [1.54, 1.807) is 18.2 Å². The lowest BCUT2D eigenvalue weighted by Gasteiger charge is -2.37. The summed E-state index contributed by atoms with van der Waals surface area (Å²) in [7, 11) is 1.52. The summed E-state index contributed by atoms with van der Waals surface area (Å²) in [5, 5.41) is 8.57. The molecule has 0 spiro atoms. The molecule has 0 aliphatic carbocycles. The Hall–Kier alpha value is -3.00. The molecule has 3 rings (SSSR count). The van der Waals surface area contributed by atoms with Crippen molar-refractivity contribution in [2.24, 2.45) is 0 Å². The first-order valence-corrected chi connectivity index (χ1v) is 10.3. The standard InChI is InChI=1S/C22H28FN5O2/c1-24-21(29)15-27-22(30)17-8-9-20(26-14-17)28-12-3-2-7-19(28)25-11-10-16-5-4-6-18(23)13-16/h4-6,8-9,13-14,19,25H,2-3,7,10-12,15H2,1H3,(H,24,29)(H,27,30). The molecule has 1 fully saturated rings. The van der Waals surface area contributed by atoms with Crippen LogP contribution in [0.25, 0.3) is 0 Å². The normalized spacial score (nSPS) is 16.2. The highest BCUT2D eigenvalue weighted by Gasteiger charge is 2.23. The molecule has 1 unspecified atom stereocenters. The summed E-state index contributed by atoms with van der Waals surface area (Å²) < 4.78 is 13.3. The molecule has 0 bridgehead atoms. The smallest absolute Gasteiger partial charge is 0.253 e. The fourth-order valence-corrected chi connectivity index (χ4v) is 3.53. The van der Waals surface area contributed by atoms with Crippen LogP contribution >= 0.6 is 0 Å². The van der Waals surface area contributed by atoms with Gasteiger partial charge in [-0.15, -0.1) is 0 Å². The van der Waals surface area contributed by atoms with E-state index in [2.05, 4.69) is 25.8 Å². The summed E-state index contributed by atoms with van der Waals surface area (Å²) in [5.41, 5.74) is 1.38. The predicted octanol–water partition coefficient (Wildman–Crippen LogP) is 1.85. The Morgan fingerprint density at radius 2 is 2.10 bits per heavy atom. The Morgan fingerprint density at radius 3 is 2.83 bits per heavy atom. The van der Waals surface area contributed by atoms with E-state index in [9.17, 15) is 14.0 Å². The first-order valence-electron chi connectivity index (χ1n) is 10.3. The molecule has 2 aromatic rings. The van der Waals surface area contributed by atoms with Crippen LogP contribution in [0, 0.1) is 5.82 Å². The molecule has 1 aliphatic rings. The van der Waals surface area contributed by atoms with Crippen molar-refractivity contribution in [3.8, 4) is 0 Å². The summed E-state index contributed by atoms with van der Waals surface area (Å²) in [6, 6.07) is 10.2. The quantitative estimate of drug-likeness (QED) is 0.615. The minimum atomic E-state index is -0.332. The number of nitrogens with one attached hydrogen (secondary N) is 3. The number of anilines is 1. The van der Waals surface area contributed by atoms with Crippen LogP contribution in [0.1, 0.15) is 35.2 Å². The second kappa shape index (κ2) is 10.7. The van der Waals surface area contributed by atoms with Gasteiger partial charge in [0.05, 0.1) is 18.3 Å². The molecule has 1 aromatic carbocycles. The first kappa shape index (κ1) is 21.7. The van der Waals surface area contributed by atoms with E-state index in [-0.39, 0.29) is 30.3 Å². The third-order valence-electron chi connectivity index (χ3n) is 5.18. The lowest BCUT2D eigenvalue weighted by Crippen LogP contribution is -2.49. The highest BCUT2D eigenvalue weighted by molar-refractivity contribution is 5.96. The Kier molecular flexibility index (Phi) is 7.73. The monoisotopic (exact) mass is 413 g/mol. The van der Waals surface area contributed by atoms with Crippen molar-refractivity contribution < 1.29 is 14.0 Å². The van der Waals surface area contributed by atoms with Crippen LogP contribution in [0.5, 0.6) is 0 Å². The number of carbonyl (C=O) groups is 2. The van der Waals surface area contributed by atoms with Crippen LogP contribution in [0.15, 0.2) is 42.6 Å². The van der Waals surface area contributed by atoms with Gasteiger partial charge in [-0.3, -0.25) is 14.9 Å². The van der Waals surface area contributed by atoms with Gasteiger partial charge in [-0.25, -0.2) is 9.37 Å². The largest absolute Gasteiger partial charge is 0.358 e. The van der Waals surface area contributed by atoms with Crippen molar-refractivity contribution in [1.82, 2.24) is 20.9 Å². The topological polar surface area (TPSA) is 86.4 Å². The summed E-state index contributed by atoms with van der Waals surface area (Å²) >= 11 is 0. The molecular formula is C22H28FN5O2. The number of aromatic nitrogens is 1. The molecule has 2 heterocycles. The summed E-state index contributed by atoms with van der Waals surface area (Å²) in [6.07, 6.45) is 5.64. The van der Waals surface area contributed by atoms with Crippen LogP contribution in [-0.2, 0) is 11.2 Å². The summed E-state index contributed by atoms with van der Waals surface area (Å²) in [4.78, 5) is 30.1. The second-order valence-electron chi connectivity index (χ2n) is 7.30. The molecule has 0 saturated carbocycles. The molecule has 7 nitrogen and oxygen atoms in total. The molecule has 8 heteroatoms. The lowest BCUT2D eigenvalue weighted by molar-refractivity contribution is -0.119. The summed E-state index contributed by atoms with van der Waals surface area (Å²) in [6.45, 7) is 1.55. The van der Waals surface area contributed by atoms with E-state index in [0.717, 1.165) is 50.2 Å². The number of nitrogens with zero attached hydrogens (tertiary/aromatic N) is 2. The van der Waals surface area contributed by atoms with Crippen molar-refractivity contribution >= 4 is 17.6 Å². The minimum absolute atomic E-state index is 0.0689. The van der Waals surface area contributed by atoms with Gasteiger partial charge in [0.25, 0.3) is 5.91 Å². The number of pyridine rings is 1. The molecule has 3 N–H and O–H groups in total. The Bertz CT molecular complexity index is 859. The fraction of sp³-hybridized carbons (Fsp3) is 0.409. The second-order valence-corrected chi connectivity index (χ2v) is 7.30. The van der Waals surface area contributed by atoms with Crippen LogP contribution in [0.4, 0.5) is 10.2 Å². The van der Waals surface area contributed by atoms with Crippen LogP contribution in [0.2, 0.25) is 0 Å². The van der Waals surface area contributed by atoms with Gasteiger partial charge in [-0.1, -0.05) is 12.1 Å². The first-order chi connectivity index (χ1) is 14.6. The molecule has 1 aromatic heterocycles. The van der Waals surface area contributed by atoms with Gasteiger partial charge in [0.15, 0.2) is 0 Å². The third kappa shape index (κ3) is 6.00. The van der Waals surface area contributed by atoms with E-state index >= 15 is 0 Å². The lowest BCUT2D eigenvalue weighted by atomic mass is 10.1. The third-order valence-corrected chi connectivity index (χ3v) is 5.18. The number of rotatable bonds is 8. The highest BCUT2D eigenvalue weighted by atomic mass is 19.1. The van der Waals surface area contributed by atoms with Crippen molar-refractivity contribution in [1.29, 1.82) is 0 Å². The molecule has 1 aliphatic heterocycles. The van der Waals surface area contributed by atoms with Crippen molar-refractivity contribution in [3.63, 3.8) is 0 Å². The van der Waals surface area contributed by atoms with Gasteiger partial charge in [0.2, 0.25) is 5.91 Å². The highest BCUT2D eigenvalue weighted by Crippen LogP contribution is 2.22. The maximum atomic E-state index is 13.3. The average molecular weight is 413 g/mol. The molecule has 160 valence electrons. The van der Waals surface area contributed by atoms with Crippen molar-refractivity contribution in [3.05, 3.63) is 59.5 Å². The van der Waals surface area contributed by atoms with E-state index in [0.29, 0.717) is 5.56 Å². The molecule has 30 heavy (non-hydrogen) atoms. The Labute approximate surface area is 176 Å². The number of hydrogen-bond acceptors (Lipinski definition) is 5. The molecular weight excluding hydrogens is 385 g/mol. The van der Waals surface area contributed by atoms with E-state index < -0.39 is 0 Å². The van der Waals surface area contributed by atoms with E-state index in [4.69, 9.17) is 0 Å². The molecule has 1 saturated heterocycles. The van der Waals surface area contributed by atoms with Gasteiger partial charge in [-0.05, 0) is 55.5 Å². The van der Waals surface area contributed by atoms with Gasteiger partial charge in [-0.2, -0.15) is 0 Å². The number of piperidine rings is 1. The minimum Gasteiger partial charge on any atom is -0.358 e. The van der Waals surface area contributed by atoms with Crippen LogP contribution in [-0.4, -0.2) is 49.6 Å². The molecule has 2 amide bonds.